The third-order valence-corrected chi connectivity index (χ3v) is 6.64. The molecule has 0 bridgehead atoms. The van der Waals surface area contributed by atoms with Crippen LogP contribution >= 0.6 is 0 Å². The van der Waals surface area contributed by atoms with Gasteiger partial charge in [0.25, 0.3) is 11.5 Å². The standard InChI is InChI=1S/C29H30N4O5/c1-19(32(16-15-31(2)3)28(34)20-9-14-25-26(17-20)38-18-37-25)27-30-24-8-6-5-7-23(24)29(35)33(27)21-10-12-22(36-4)13-11-21/h5-14,17,19H,15-16,18H2,1-4H3. The van der Waals surface area contributed by atoms with Gasteiger partial charge >= 0.3 is 0 Å². The van der Waals surface area contributed by atoms with Crippen LogP contribution in [-0.4, -0.2) is 66.3 Å². The molecule has 9 heteroatoms. The molecule has 1 aliphatic heterocycles. The average Bonchev–Trinajstić information content (AvgIpc) is 3.41. The van der Waals surface area contributed by atoms with Crippen molar-refractivity contribution in [1.29, 1.82) is 0 Å². The number of aromatic nitrogens is 2. The molecule has 0 saturated carbocycles. The van der Waals surface area contributed by atoms with Crippen molar-refractivity contribution in [2.24, 2.45) is 0 Å². The average molecular weight is 515 g/mol. The van der Waals surface area contributed by atoms with E-state index in [9.17, 15) is 9.59 Å². The lowest BCUT2D eigenvalue weighted by Gasteiger charge is -2.31. The topological polar surface area (TPSA) is 86.1 Å². The number of methoxy groups -OCH3 is 1. The molecule has 0 fully saturated rings. The minimum absolute atomic E-state index is 0.128. The quantitative estimate of drug-likeness (QED) is 0.353. The maximum Gasteiger partial charge on any atom is 0.266 e. The van der Waals surface area contributed by atoms with Crippen LogP contribution in [0.3, 0.4) is 0 Å². The molecule has 3 aromatic carbocycles. The predicted molar refractivity (Wildman–Crippen MR) is 144 cm³/mol. The Bertz CT molecular complexity index is 1530. The Morgan fingerprint density at radius 2 is 1.76 bits per heavy atom. The summed E-state index contributed by atoms with van der Waals surface area (Å²) in [7, 11) is 5.50. The van der Waals surface area contributed by atoms with E-state index in [0.29, 0.717) is 58.3 Å². The van der Waals surface area contributed by atoms with Gasteiger partial charge in [0.1, 0.15) is 11.6 Å². The number of nitrogens with zero attached hydrogens (tertiary/aromatic N) is 4. The van der Waals surface area contributed by atoms with Crippen LogP contribution in [0.15, 0.2) is 71.5 Å². The third kappa shape index (κ3) is 4.80. The molecule has 0 spiro atoms. The Morgan fingerprint density at radius 3 is 2.50 bits per heavy atom. The number of amides is 1. The summed E-state index contributed by atoms with van der Waals surface area (Å²) >= 11 is 0. The molecule has 0 aliphatic carbocycles. The van der Waals surface area contributed by atoms with E-state index in [2.05, 4.69) is 0 Å². The van der Waals surface area contributed by atoms with Gasteiger partial charge < -0.3 is 24.0 Å². The Kier molecular flexibility index (Phi) is 7.02. The van der Waals surface area contributed by atoms with Crippen molar-refractivity contribution in [3.05, 3.63) is 88.5 Å². The van der Waals surface area contributed by atoms with E-state index < -0.39 is 6.04 Å². The molecule has 38 heavy (non-hydrogen) atoms. The second-order valence-electron chi connectivity index (χ2n) is 9.37. The molecule has 196 valence electrons. The molecule has 0 N–H and O–H groups in total. The van der Waals surface area contributed by atoms with E-state index in [1.54, 1.807) is 53.0 Å². The molecule has 0 saturated heterocycles. The molecule has 0 radical (unpaired) electrons. The van der Waals surface area contributed by atoms with Crippen molar-refractivity contribution in [3.63, 3.8) is 0 Å². The third-order valence-electron chi connectivity index (χ3n) is 6.64. The van der Waals surface area contributed by atoms with E-state index in [4.69, 9.17) is 19.2 Å². The van der Waals surface area contributed by atoms with E-state index >= 15 is 0 Å². The molecule has 1 atom stereocenters. The summed E-state index contributed by atoms with van der Waals surface area (Å²) in [5.41, 5.74) is 1.48. The lowest BCUT2D eigenvalue weighted by molar-refractivity contribution is 0.0667. The fraction of sp³-hybridized carbons (Fsp3) is 0.276. The lowest BCUT2D eigenvalue weighted by Crippen LogP contribution is -2.41. The van der Waals surface area contributed by atoms with Crippen LogP contribution in [0.25, 0.3) is 16.6 Å². The van der Waals surface area contributed by atoms with Gasteiger partial charge in [0, 0.05) is 18.7 Å². The molecule has 1 unspecified atom stereocenters. The van der Waals surface area contributed by atoms with E-state index in [1.807, 2.05) is 56.3 Å². The van der Waals surface area contributed by atoms with Crippen LogP contribution in [-0.2, 0) is 0 Å². The number of rotatable bonds is 8. The van der Waals surface area contributed by atoms with Crippen molar-refractivity contribution < 1.29 is 19.0 Å². The number of ether oxygens (including phenoxy) is 3. The summed E-state index contributed by atoms with van der Waals surface area (Å²) in [6.45, 7) is 3.08. The van der Waals surface area contributed by atoms with E-state index in [0.717, 1.165) is 0 Å². The Morgan fingerprint density at radius 1 is 1.03 bits per heavy atom. The number of hydrogen-bond donors (Lipinski definition) is 0. The number of fused-ring (bicyclic) bond motifs is 2. The first kappa shape index (κ1) is 25.3. The zero-order valence-electron chi connectivity index (χ0n) is 21.9. The molecule has 5 rings (SSSR count). The highest BCUT2D eigenvalue weighted by Crippen LogP contribution is 2.34. The first-order chi connectivity index (χ1) is 18.4. The maximum absolute atomic E-state index is 13.9. The summed E-state index contributed by atoms with van der Waals surface area (Å²) in [5, 5.41) is 0.501. The van der Waals surface area contributed by atoms with Crippen LogP contribution in [0.4, 0.5) is 0 Å². The van der Waals surface area contributed by atoms with Crippen molar-refractivity contribution in [1.82, 2.24) is 19.4 Å². The van der Waals surface area contributed by atoms with Gasteiger partial charge in [-0.15, -0.1) is 0 Å². The van der Waals surface area contributed by atoms with Crippen molar-refractivity contribution >= 4 is 16.8 Å². The van der Waals surface area contributed by atoms with Gasteiger partial charge in [-0.1, -0.05) is 12.1 Å². The molecule has 1 aromatic heterocycles. The number of benzene rings is 3. The summed E-state index contributed by atoms with van der Waals surface area (Å²) in [6.07, 6.45) is 0. The minimum atomic E-state index is -0.535. The van der Waals surface area contributed by atoms with Crippen LogP contribution in [0.5, 0.6) is 17.2 Å². The molecule has 2 heterocycles. The minimum Gasteiger partial charge on any atom is -0.497 e. The van der Waals surface area contributed by atoms with Crippen molar-refractivity contribution in [3.8, 4) is 22.9 Å². The van der Waals surface area contributed by atoms with Gasteiger partial charge in [-0.05, 0) is 75.6 Å². The van der Waals surface area contributed by atoms with Crippen molar-refractivity contribution in [2.75, 3.05) is 41.1 Å². The fourth-order valence-corrected chi connectivity index (χ4v) is 4.52. The van der Waals surface area contributed by atoms with Crippen LogP contribution < -0.4 is 19.8 Å². The number of carbonyl (C=O) groups is 1. The summed E-state index contributed by atoms with van der Waals surface area (Å²) < 4.78 is 17.8. The van der Waals surface area contributed by atoms with Gasteiger partial charge in [0.15, 0.2) is 11.5 Å². The maximum atomic E-state index is 13.9. The normalized spacial score (nSPS) is 13.1. The summed E-state index contributed by atoms with van der Waals surface area (Å²) in [5.74, 6) is 2.10. The van der Waals surface area contributed by atoms with Gasteiger partial charge in [-0.2, -0.15) is 0 Å². The largest absolute Gasteiger partial charge is 0.497 e. The van der Waals surface area contributed by atoms with E-state index in [1.165, 1.54) is 0 Å². The zero-order valence-corrected chi connectivity index (χ0v) is 21.9. The number of carbonyl (C=O) groups excluding carboxylic acids is 1. The lowest BCUT2D eigenvalue weighted by atomic mass is 10.1. The van der Waals surface area contributed by atoms with Gasteiger partial charge in [0.05, 0.1) is 29.7 Å². The summed E-state index contributed by atoms with van der Waals surface area (Å²) in [4.78, 5) is 36.4. The molecule has 1 amide bonds. The van der Waals surface area contributed by atoms with Gasteiger partial charge in [-0.25, -0.2) is 4.98 Å². The SMILES string of the molecule is COc1ccc(-n2c(C(C)N(CCN(C)C)C(=O)c3ccc4c(c3)OCO4)nc3ccccc3c2=O)cc1. The Labute approximate surface area is 220 Å². The number of likely N-dealkylation sites (N-methyl/N-ethyl adjacent to an activating group) is 1. The Balaban J connectivity index is 1.64. The molecule has 1 aliphatic rings. The second-order valence-corrected chi connectivity index (χ2v) is 9.37. The monoisotopic (exact) mass is 514 g/mol. The van der Waals surface area contributed by atoms with Crippen molar-refractivity contribution in [2.45, 2.75) is 13.0 Å². The molecule has 4 aromatic rings. The van der Waals surface area contributed by atoms with Gasteiger partial charge in [-0.3, -0.25) is 14.2 Å². The molecular formula is C29H30N4O5. The zero-order chi connectivity index (χ0) is 26.8. The smallest absolute Gasteiger partial charge is 0.266 e. The highest BCUT2D eigenvalue weighted by molar-refractivity contribution is 5.95. The highest BCUT2D eigenvalue weighted by atomic mass is 16.7. The fourth-order valence-electron chi connectivity index (χ4n) is 4.52. The van der Waals surface area contributed by atoms with Crippen LogP contribution in [0, 0.1) is 0 Å². The van der Waals surface area contributed by atoms with Crippen LogP contribution in [0.1, 0.15) is 29.1 Å². The molecular weight excluding hydrogens is 484 g/mol. The van der Waals surface area contributed by atoms with E-state index in [-0.39, 0.29) is 18.3 Å². The van der Waals surface area contributed by atoms with Crippen LogP contribution in [0.2, 0.25) is 0 Å². The first-order valence-electron chi connectivity index (χ1n) is 12.4. The number of para-hydroxylation sites is 1. The molecule has 9 nitrogen and oxygen atoms in total. The van der Waals surface area contributed by atoms with Gasteiger partial charge in [0.2, 0.25) is 6.79 Å². The highest BCUT2D eigenvalue weighted by Gasteiger charge is 2.29. The Hall–Kier alpha value is -4.37. The predicted octanol–water partition coefficient (Wildman–Crippen LogP) is 3.89. The first-order valence-corrected chi connectivity index (χ1v) is 12.4. The summed E-state index contributed by atoms with van der Waals surface area (Å²) in [6, 6.07) is 19.1. The number of hydrogen-bond acceptors (Lipinski definition) is 7. The second kappa shape index (κ2) is 10.5.